The lowest BCUT2D eigenvalue weighted by atomic mass is 10.0. The molecule has 0 saturated carbocycles. The average molecular weight is 433 g/mol. The van der Waals surface area contributed by atoms with Crippen LogP contribution in [0.5, 0.6) is 0 Å². The van der Waals surface area contributed by atoms with Gasteiger partial charge in [0.15, 0.2) is 0 Å². The Morgan fingerprint density at radius 3 is 2.55 bits per heavy atom. The highest BCUT2D eigenvalue weighted by atomic mass is 79.9. The first-order valence-electron chi connectivity index (χ1n) is 7.27. The molecule has 3 aliphatic rings. The second kappa shape index (κ2) is 6.14. The standard InChI is InChI=1S/C14H19Br2N5O/c1-14(2,3)21-18-10-8-9(15)13(11(16)12(10)17-19-21)20-4-6-22-7-5-20/h8,13H,4-7H2,1-3H3. The lowest BCUT2D eigenvalue weighted by Crippen LogP contribution is -2.45. The Balaban J connectivity index is 1.92. The van der Waals surface area contributed by atoms with Gasteiger partial charge in [-0.15, -0.1) is 5.11 Å². The monoisotopic (exact) mass is 431 g/mol. The van der Waals surface area contributed by atoms with Crippen LogP contribution < -0.4 is 0 Å². The fourth-order valence-corrected chi connectivity index (χ4v) is 4.35. The molecule has 0 spiro atoms. The normalized spacial score (nSPS) is 26.8. The SMILES string of the molecule is CC(C)(C)N1N=NC2=C(Br)C(N3CCOCC3)C(Br)=CC2=N1. The number of ether oxygens (including phenoxy) is 1. The van der Waals surface area contributed by atoms with Gasteiger partial charge in [-0.2, -0.15) is 10.2 Å². The van der Waals surface area contributed by atoms with Crippen LogP contribution in [-0.4, -0.2) is 53.6 Å². The Labute approximate surface area is 147 Å². The van der Waals surface area contributed by atoms with Crippen LogP contribution in [0.25, 0.3) is 0 Å². The predicted octanol–water partition coefficient (Wildman–Crippen LogP) is 3.42. The molecule has 0 aromatic heterocycles. The molecule has 1 unspecified atom stereocenters. The first-order chi connectivity index (χ1) is 10.4. The molecule has 0 amide bonds. The third kappa shape index (κ3) is 3.06. The molecule has 1 atom stereocenters. The zero-order valence-electron chi connectivity index (χ0n) is 12.9. The Kier molecular flexibility index (Phi) is 4.55. The van der Waals surface area contributed by atoms with Crippen LogP contribution in [0.4, 0.5) is 0 Å². The summed E-state index contributed by atoms with van der Waals surface area (Å²) in [7, 11) is 0. The number of hydrogen-bond acceptors (Lipinski definition) is 6. The third-order valence-electron chi connectivity index (χ3n) is 3.69. The molecule has 0 aromatic carbocycles. The zero-order valence-corrected chi connectivity index (χ0v) is 16.1. The number of rotatable bonds is 1. The first kappa shape index (κ1) is 16.3. The molecular weight excluding hydrogens is 414 g/mol. The summed E-state index contributed by atoms with van der Waals surface area (Å²) >= 11 is 7.42. The van der Waals surface area contributed by atoms with E-state index in [1.807, 2.05) is 6.08 Å². The second-order valence-corrected chi connectivity index (χ2v) is 8.18. The Morgan fingerprint density at radius 1 is 1.23 bits per heavy atom. The van der Waals surface area contributed by atoms with Crippen molar-refractivity contribution in [3.05, 3.63) is 20.7 Å². The van der Waals surface area contributed by atoms with Gasteiger partial charge in [0.2, 0.25) is 0 Å². The van der Waals surface area contributed by atoms with Crippen LogP contribution in [0.2, 0.25) is 0 Å². The summed E-state index contributed by atoms with van der Waals surface area (Å²) in [5.74, 6) is 0. The average Bonchev–Trinajstić information content (AvgIpc) is 2.47. The van der Waals surface area contributed by atoms with Gasteiger partial charge >= 0.3 is 0 Å². The van der Waals surface area contributed by atoms with Crippen LogP contribution in [-0.2, 0) is 4.74 Å². The fraction of sp³-hybridized carbons (Fsp3) is 0.643. The molecule has 6 nitrogen and oxygen atoms in total. The number of morpholine rings is 1. The number of nitrogens with zero attached hydrogens (tertiary/aromatic N) is 5. The van der Waals surface area contributed by atoms with Crippen molar-refractivity contribution in [3.8, 4) is 0 Å². The van der Waals surface area contributed by atoms with Gasteiger partial charge < -0.3 is 4.74 Å². The van der Waals surface area contributed by atoms with E-state index >= 15 is 0 Å². The maximum absolute atomic E-state index is 5.44. The highest BCUT2D eigenvalue weighted by Crippen LogP contribution is 2.37. The van der Waals surface area contributed by atoms with Crippen LogP contribution >= 0.6 is 31.9 Å². The summed E-state index contributed by atoms with van der Waals surface area (Å²) in [4.78, 5) is 2.36. The Hall–Kier alpha value is -0.570. The second-order valence-electron chi connectivity index (χ2n) is 6.41. The smallest absolute Gasteiger partial charge is 0.127 e. The molecule has 120 valence electrons. The summed E-state index contributed by atoms with van der Waals surface area (Å²) in [5, 5.41) is 14.9. The molecule has 1 saturated heterocycles. The Bertz CT molecular complexity index is 585. The maximum Gasteiger partial charge on any atom is 0.127 e. The fourth-order valence-electron chi connectivity index (χ4n) is 2.49. The zero-order chi connectivity index (χ0) is 15.9. The Morgan fingerprint density at radius 2 is 1.91 bits per heavy atom. The van der Waals surface area contributed by atoms with Gasteiger partial charge in [0.05, 0.1) is 24.8 Å². The number of hydrazone groups is 1. The van der Waals surface area contributed by atoms with Gasteiger partial charge in [-0.25, -0.2) is 0 Å². The molecule has 3 rings (SSSR count). The summed E-state index contributed by atoms with van der Waals surface area (Å²) in [6, 6.07) is 0.123. The molecule has 8 heteroatoms. The van der Waals surface area contributed by atoms with E-state index < -0.39 is 0 Å². The van der Waals surface area contributed by atoms with E-state index in [4.69, 9.17) is 4.74 Å². The van der Waals surface area contributed by atoms with Crippen LogP contribution in [0.3, 0.4) is 0 Å². The lowest BCUT2D eigenvalue weighted by molar-refractivity contribution is 0.0319. The molecule has 2 aliphatic heterocycles. The number of halogens is 2. The van der Waals surface area contributed by atoms with Crippen molar-refractivity contribution in [2.75, 3.05) is 26.3 Å². The van der Waals surface area contributed by atoms with E-state index in [0.717, 1.165) is 46.7 Å². The van der Waals surface area contributed by atoms with Crippen molar-refractivity contribution in [1.82, 2.24) is 10.0 Å². The molecule has 1 aliphatic carbocycles. The first-order valence-corrected chi connectivity index (χ1v) is 8.86. The third-order valence-corrected chi connectivity index (χ3v) is 5.16. The van der Waals surface area contributed by atoms with E-state index in [0.29, 0.717) is 0 Å². The summed E-state index contributed by atoms with van der Waals surface area (Å²) in [6.45, 7) is 9.47. The highest BCUT2D eigenvalue weighted by Gasteiger charge is 2.35. The van der Waals surface area contributed by atoms with E-state index in [1.165, 1.54) is 0 Å². The van der Waals surface area contributed by atoms with Crippen molar-refractivity contribution in [2.45, 2.75) is 32.4 Å². The molecule has 2 heterocycles. The predicted molar refractivity (Wildman–Crippen MR) is 93.0 cm³/mol. The summed E-state index contributed by atoms with van der Waals surface area (Å²) < 4.78 is 7.52. The minimum Gasteiger partial charge on any atom is -0.379 e. The van der Waals surface area contributed by atoms with Crippen LogP contribution in [0.15, 0.2) is 36.2 Å². The van der Waals surface area contributed by atoms with Crippen LogP contribution in [0, 0.1) is 0 Å². The van der Waals surface area contributed by atoms with Gasteiger partial charge in [0.1, 0.15) is 11.4 Å². The van der Waals surface area contributed by atoms with Crippen molar-refractivity contribution < 1.29 is 4.74 Å². The van der Waals surface area contributed by atoms with E-state index in [1.54, 1.807) is 5.12 Å². The van der Waals surface area contributed by atoms with Gasteiger partial charge in [-0.05, 0) is 32.1 Å². The number of hydrogen-bond donors (Lipinski definition) is 0. The van der Waals surface area contributed by atoms with E-state index in [2.05, 4.69) is 73.0 Å². The van der Waals surface area contributed by atoms with Crippen molar-refractivity contribution in [2.24, 2.45) is 15.4 Å². The molecule has 0 aromatic rings. The molecule has 1 fully saturated rings. The minimum atomic E-state index is -0.199. The minimum absolute atomic E-state index is 0.123. The van der Waals surface area contributed by atoms with Crippen molar-refractivity contribution in [3.63, 3.8) is 0 Å². The van der Waals surface area contributed by atoms with Gasteiger partial charge in [-0.1, -0.05) is 31.9 Å². The lowest BCUT2D eigenvalue weighted by Gasteiger charge is -2.37. The molecule has 0 N–H and O–H groups in total. The van der Waals surface area contributed by atoms with Crippen LogP contribution in [0.1, 0.15) is 20.8 Å². The van der Waals surface area contributed by atoms with Gasteiger partial charge in [-0.3, -0.25) is 4.90 Å². The quantitative estimate of drug-likeness (QED) is 0.637. The van der Waals surface area contributed by atoms with E-state index in [9.17, 15) is 0 Å². The van der Waals surface area contributed by atoms with Crippen molar-refractivity contribution in [1.29, 1.82) is 0 Å². The highest BCUT2D eigenvalue weighted by molar-refractivity contribution is 9.12. The molecule has 0 bridgehead atoms. The molecule has 0 radical (unpaired) electrons. The molecule has 22 heavy (non-hydrogen) atoms. The summed E-state index contributed by atoms with van der Waals surface area (Å²) in [6.07, 6.45) is 2.04. The summed E-state index contributed by atoms with van der Waals surface area (Å²) in [5.41, 5.74) is 1.43. The van der Waals surface area contributed by atoms with E-state index in [-0.39, 0.29) is 11.6 Å². The largest absolute Gasteiger partial charge is 0.379 e. The van der Waals surface area contributed by atoms with Gasteiger partial charge in [0, 0.05) is 22.1 Å². The number of fused-ring (bicyclic) bond motifs is 1. The number of allylic oxidation sites excluding steroid dienone is 1. The van der Waals surface area contributed by atoms with Crippen molar-refractivity contribution >= 4 is 37.6 Å². The molecular formula is C14H19Br2N5O. The van der Waals surface area contributed by atoms with Gasteiger partial charge in [0.25, 0.3) is 0 Å². The topological polar surface area (TPSA) is 52.8 Å². The maximum atomic E-state index is 5.44.